The van der Waals surface area contributed by atoms with Crippen LogP contribution in [0.5, 0.6) is 0 Å². The predicted octanol–water partition coefficient (Wildman–Crippen LogP) is 1.96. The normalized spacial score (nSPS) is 16.5. The smallest absolute Gasteiger partial charge is 0.291 e. The van der Waals surface area contributed by atoms with Crippen molar-refractivity contribution in [2.24, 2.45) is 11.8 Å². The minimum absolute atomic E-state index is 0.246. The van der Waals surface area contributed by atoms with Gasteiger partial charge < -0.3 is 5.32 Å². The molecular formula is C13H19N3O4S. The van der Waals surface area contributed by atoms with E-state index in [2.05, 4.69) is 10.0 Å². The maximum absolute atomic E-state index is 12.3. The highest BCUT2D eigenvalue weighted by atomic mass is 32.2. The number of hydrogen-bond donors (Lipinski definition) is 2. The first-order chi connectivity index (χ1) is 9.85. The summed E-state index contributed by atoms with van der Waals surface area (Å²) >= 11 is 0. The van der Waals surface area contributed by atoms with Crippen LogP contribution in [0.3, 0.4) is 0 Å². The van der Waals surface area contributed by atoms with Gasteiger partial charge in [0.2, 0.25) is 10.0 Å². The third-order valence-electron chi connectivity index (χ3n) is 3.76. The highest BCUT2D eigenvalue weighted by molar-refractivity contribution is 7.89. The largest absolute Gasteiger partial charge is 0.388 e. The Hall–Kier alpha value is -1.67. The summed E-state index contributed by atoms with van der Waals surface area (Å²) in [7, 11) is -2.27. The number of nitrogens with one attached hydrogen (secondary N) is 2. The van der Waals surface area contributed by atoms with E-state index in [1.54, 1.807) is 7.05 Å². The van der Waals surface area contributed by atoms with Gasteiger partial charge in [0.05, 0.1) is 4.92 Å². The molecule has 0 aromatic heterocycles. The molecule has 8 heteroatoms. The third kappa shape index (κ3) is 3.70. The van der Waals surface area contributed by atoms with Gasteiger partial charge in [-0.1, -0.05) is 6.92 Å². The lowest BCUT2D eigenvalue weighted by atomic mass is 10.1. The molecule has 1 aromatic rings. The summed E-state index contributed by atoms with van der Waals surface area (Å²) in [5.41, 5.74) is 0.0698. The van der Waals surface area contributed by atoms with Crippen molar-refractivity contribution in [1.82, 2.24) is 4.72 Å². The van der Waals surface area contributed by atoms with Crippen LogP contribution in [0, 0.1) is 22.0 Å². The second-order valence-corrected chi connectivity index (χ2v) is 7.09. The molecule has 0 saturated heterocycles. The van der Waals surface area contributed by atoms with E-state index in [9.17, 15) is 18.5 Å². The first-order valence-corrected chi connectivity index (χ1v) is 8.29. The quantitative estimate of drug-likeness (QED) is 0.592. The molecular weight excluding hydrogens is 294 g/mol. The molecule has 0 amide bonds. The second-order valence-electron chi connectivity index (χ2n) is 5.36. The fourth-order valence-corrected chi connectivity index (χ4v) is 3.49. The van der Waals surface area contributed by atoms with Gasteiger partial charge >= 0.3 is 0 Å². The van der Waals surface area contributed by atoms with E-state index in [1.807, 2.05) is 6.92 Å². The summed E-state index contributed by atoms with van der Waals surface area (Å²) in [4.78, 5) is 10.1. The summed E-state index contributed by atoms with van der Waals surface area (Å²) < 4.78 is 27.0. The number of anilines is 1. The molecule has 1 aliphatic carbocycles. The summed E-state index contributed by atoms with van der Waals surface area (Å²) in [6.07, 6.45) is 2.25. The monoisotopic (exact) mass is 313 g/mol. The van der Waals surface area contributed by atoms with Gasteiger partial charge in [0, 0.05) is 25.3 Å². The Morgan fingerprint density at radius 3 is 2.62 bits per heavy atom. The van der Waals surface area contributed by atoms with E-state index in [1.165, 1.54) is 18.2 Å². The summed E-state index contributed by atoms with van der Waals surface area (Å²) in [6, 6.07) is 3.98. The molecule has 0 heterocycles. The van der Waals surface area contributed by atoms with Crippen molar-refractivity contribution in [3.05, 3.63) is 28.3 Å². The van der Waals surface area contributed by atoms with E-state index >= 15 is 0 Å². The highest BCUT2D eigenvalue weighted by Gasteiger charge is 2.31. The van der Waals surface area contributed by atoms with Gasteiger partial charge in [-0.25, -0.2) is 13.1 Å². The SMILES string of the molecule is CNc1ccc(S(=O)(=O)NCC(C)C2CC2)c([N+](=O)[O-])c1. The minimum atomic E-state index is -3.88. The molecule has 1 unspecified atom stereocenters. The Kier molecular flexibility index (Phi) is 4.48. The molecule has 21 heavy (non-hydrogen) atoms. The molecule has 1 aliphatic rings. The predicted molar refractivity (Wildman–Crippen MR) is 79.7 cm³/mol. The summed E-state index contributed by atoms with van der Waals surface area (Å²) in [6.45, 7) is 2.29. The molecule has 0 radical (unpaired) electrons. The fourth-order valence-electron chi connectivity index (χ4n) is 2.19. The van der Waals surface area contributed by atoms with E-state index in [4.69, 9.17) is 0 Å². The summed E-state index contributed by atoms with van der Waals surface area (Å²) in [5.74, 6) is 0.810. The lowest BCUT2D eigenvalue weighted by Gasteiger charge is -2.12. The first kappa shape index (κ1) is 15.7. The topological polar surface area (TPSA) is 101 Å². The zero-order valence-electron chi connectivity index (χ0n) is 12.0. The maximum Gasteiger partial charge on any atom is 0.291 e. The van der Waals surface area contributed by atoms with Crippen LogP contribution >= 0.6 is 0 Å². The van der Waals surface area contributed by atoms with Gasteiger partial charge in [0.25, 0.3) is 5.69 Å². The lowest BCUT2D eigenvalue weighted by Crippen LogP contribution is -2.29. The van der Waals surface area contributed by atoms with Crippen molar-refractivity contribution < 1.29 is 13.3 Å². The van der Waals surface area contributed by atoms with Crippen molar-refractivity contribution in [3.63, 3.8) is 0 Å². The second kappa shape index (κ2) is 5.98. The molecule has 0 bridgehead atoms. The molecule has 1 aromatic carbocycles. The van der Waals surface area contributed by atoms with Gasteiger partial charge in [-0.15, -0.1) is 0 Å². The number of hydrogen-bond acceptors (Lipinski definition) is 5. The van der Waals surface area contributed by atoms with Crippen molar-refractivity contribution in [2.45, 2.75) is 24.7 Å². The Bertz CT molecular complexity index is 641. The Balaban J connectivity index is 2.23. The Morgan fingerprint density at radius 2 is 2.10 bits per heavy atom. The van der Waals surface area contributed by atoms with Gasteiger partial charge in [0.1, 0.15) is 0 Å². The van der Waals surface area contributed by atoms with Crippen molar-refractivity contribution >= 4 is 21.4 Å². The molecule has 1 atom stereocenters. The molecule has 0 aliphatic heterocycles. The molecule has 116 valence electrons. The van der Waals surface area contributed by atoms with Crippen molar-refractivity contribution in [1.29, 1.82) is 0 Å². The van der Waals surface area contributed by atoms with Crippen molar-refractivity contribution in [2.75, 3.05) is 18.9 Å². The molecule has 1 fully saturated rings. The first-order valence-electron chi connectivity index (χ1n) is 6.81. The standard InChI is InChI=1S/C13H19N3O4S/c1-9(10-3-4-10)8-15-21(19,20)13-6-5-11(14-2)7-12(13)16(17)18/h5-7,9-10,14-15H,3-4,8H2,1-2H3. The maximum atomic E-state index is 12.3. The number of rotatable bonds is 7. The van der Waals surface area contributed by atoms with Crippen LogP contribution in [0.4, 0.5) is 11.4 Å². The molecule has 2 N–H and O–H groups in total. The molecule has 0 spiro atoms. The lowest BCUT2D eigenvalue weighted by molar-refractivity contribution is -0.387. The van der Waals surface area contributed by atoms with E-state index < -0.39 is 20.6 Å². The van der Waals surface area contributed by atoms with Gasteiger partial charge in [-0.05, 0) is 36.8 Å². The number of nitro groups is 1. The third-order valence-corrected chi connectivity index (χ3v) is 5.23. The Morgan fingerprint density at radius 1 is 1.43 bits per heavy atom. The fraction of sp³-hybridized carbons (Fsp3) is 0.538. The number of benzene rings is 1. The van der Waals surface area contributed by atoms with Crippen LogP contribution in [0.2, 0.25) is 0 Å². The van der Waals surface area contributed by atoms with Crippen LogP contribution in [0.1, 0.15) is 19.8 Å². The van der Waals surface area contributed by atoms with Gasteiger partial charge in [-0.3, -0.25) is 10.1 Å². The highest BCUT2D eigenvalue weighted by Crippen LogP contribution is 2.36. The number of nitro benzene ring substituents is 1. The van der Waals surface area contributed by atoms with Crippen LogP contribution in [0.15, 0.2) is 23.1 Å². The number of sulfonamides is 1. The average molecular weight is 313 g/mol. The molecule has 7 nitrogen and oxygen atoms in total. The van der Waals surface area contributed by atoms with Crippen LogP contribution in [-0.4, -0.2) is 26.9 Å². The van der Waals surface area contributed by atoms with Gasteiger partial charge in [-0.2, -0.15) is 0 Å². The van der Waals surface area contributed by atoms with Crippen LogP contribution < -0.4 is 10.0 Å². The van der Waals surface area contributed by atoms with E-state index in [0.717, 1.165) is 12.8 Å². The average Bonchev–Trinajstić information content (AvgIpc) is 3.28. The van der Waals surface area contributed by atoms with Crippen molar-refractivity contribution in [3.8, 4) is 0 Å². The van der Waals surface area contributed by atoms with Gasteiger partial charge in [0.15, 0.2) is 4.90 Å². The Labute approximate surface area is 123 Å². The van der Waals surface area contributed by atoms with Crippen LogP contribution in [-0.2, 0) is 10.0 Å². The minimum Gasteiger partial charge on any atom is -0.388 e. The summed E-state index contributed by atoms with van der Waals surface area (Å²) in [5, 5.41) is 13.8. The zero-order chi connectivity index (χ0) is 15.6. The van der Waals surface area contributed by atoms with Crippen LogP contribution in [0.25, 0.3) is 0 Å². The zero-order valence-corrected chi connectivity index (χ0v) is 12.8. The van der Waals surface area contributed by atoms with E-state index in [0.29, 0.717) is 18.2 Å². The van der Waals surface area contributed by atoms with E-state index in [-0.39, 0.29) is 10.8 Å². The number of nitrogens with zero attached hydrogens (tertiary/aromatic N) is 1. The molecule has 1 saturated carbocycles. The molecule has 2 rings (SSSR count).